The molecule has 0 aromatic rings. The van der Waals surface area contributed by atoms with E-state index >= 15 is 0 Å². The molecular formula is C7H13F3O. The van der Waals surface area contributed by atoms with E-state index in [4.69, 9.17) is 0 Å². The van der Waals surface area contributed by atoms with Crippen LogP contribution in [0.5, 0.6) is 0 Å². The van der Waals surface area contributed by atoms with Crippen LogP contribution in [0.15, 0.2) is 0 Å². The minimum atomic E-state index is -4.26. The van der Waals surface area contributed by atoms with Gasteiger partial charge in [-0.25, -0.2) is 0 Å². The summed E-state index contributed by atoms with van der Waals surface area (Å²) in [5, 5.41) is 9.24. The van der Waals surface area contributed by atoms with Crippen LogP contribution < -0.4 is 0 Å². The first-order chi connectivity index (χ1) is 4.83. The molecule has 0 aromatic carbocycles. The van der Waals surface area contributed by atoms with Crippen molar-refractivity contribution < 1.29 is 18.3 Å². The highest BCUT2D eigenvalue weighted by Crippen LogP contribution is 2.31. The van der Waals surface area contributed by atoms with E-state index in [9.17, 15) is 18.3 Å². The average molecular weight is 170 g/mol. The van der Waals surface area contributed by atoms with E-state index in [0.717, 1.165) is 0 Å². The standard InChI is InChI=1S/C7H13F3O/c1-3-6(11,4-2)5-7(8,9)10/h11H,3-5H2,1-2H3. The lowest BCUT2D eigenvalue weighted by Crippen LogP contribution is -2.33. The molecule has 68 valence electrons. The van der Waals surface area contributed by atoms with Gasteiger partial charge in [0, 0.05) is 0 Å². The molecule has 0 aliphatic carbocycles. The molecule has 0 aliphatic heterocycles. The van der Waals surface area contributed by atoms with Crippen LogP contribution in [0.1, 0.15) is 33.1 Å². The second-order valence-electron chi connectivity index (χ2n) is 2.72. The van der Waals surface area contributed by atoms with E-state index in [1.54, 1.807) is 13.8 Å². The Morgan fingerprint density at radius 1 is 1.09 bits per heavy atom. The molecule has 0 aromatic heterocycles. The zero-order chi connectivity index (χ0) is 9.12. The predicted molar refractivity (Wildman–Crippen MR) is 36.2 cm³/mol. The lowest BCUT2D eigenvalue weighted by Gasteiger charge is -2.25. The van der Waals surface area contributed by atoms with Gasteiger partial charge in [-0.1, -0.05) is 13.8 Å². The molecule has 0 saturated heterocycles. The average Bonchev–Trinajstić information content (AvgIpc) is 1.84. The van der Waals surface area contributed by atoms with Crippen molar-refractivity contribution in [2.75, 3.05) is 0 Å². The molecule has 0 spiro atoms. The molecule has 4 heteroatoms. The quantitative estimate of drug-likeness (QED) is 0.689. The third-order valence-corrected chi connectivity index (χ3v) is 1.85. The Bertz CT molecular complexity index is 115. The molecule has 11 heavy (non-hydrogen) atoms. The van der Waals surface area contributed by atoms with Crippen LogP contribution in [0.4, 0.5) is 13.2 Å². The molecule has 0 saturated carbocycles. The maximum Gasteiger partial charge on any atom is 0.391 e. The molecule has 0 rings (SSSR count). The predicted octanol–water partition coefficient (Wildman–Crippen LogP) is 2.49. The Labute approximate surface area is 64.2 Å². The van der Waals surface area contributed by atoms with Crippen molar-refractivity contribution in [3.8, 4) is 0 Å². The highest BCUT2D eigenvalue weighted by atomic mass is 19.4. The van der Waals surface area contributed by atoms with Gasteiger partial charge in [0.05, 0.1) is 12.0 Å². The van der Waals surface area contributed by atoms with Crippen LogP contribution in [0.3, 0.4) is 0 Å². The minimum Gasteiger partial charge on any atom is -0.390 e. The van der Waals surface area contributed by atoms with Crippen LogP contribution in [0.2, 0.25) is 0 Å². The van der Waals surface area contributed by atoms with Crippen LogP contribution in [-0.4, -0.2) is 16.9 Å². The van der Waals surface area contributed by atoms with E-state index in [1.807, 2.05) is 0 Å². The van der Waals surface area contributed by atoms with E-state index in [1.165, 1.54) is 0 Å². The molecule has 0 amide bonds. The zero-order valence-electron chi connectivity index (χ0n) is 6.70. The highest BCUT2D eigenvalue weighted by molar-refractivity contribution is 4.77. The Hall–Kier alpha value is -0.250. The maximum atomic E-state index is 11.8. The number of hydrogen-bond acceptors (Lipinski definition) is 1. The molecule has 0 bridgehead atoms. The van der Waals surface area contributed by atoms with Crippen molar-refractivity contribution in [1.29, 1.82) is 0 Å². The van der Waals surface area contributed by atoms with Crippen molar-refractivity contribution in [2.24, 2.45) is 0 Å². The van der Waals surface area contributed by atoms with Gasteiger partial charge in [0.15, 0.2) is 0 Å². The lowest BCUT2D eigenvalue weighted by molar-refractivity contribution is -0.177. The Morgan fingerprint density at radius 2 is 1.45 bits per heavy atom. The summed E-state index contributed by atoms with van der Waals surface area (Å²) in [4.78, 5) is 0. The van der Waals surface area contributed by atoms with Gasteiger partial charge in [0.2, 0.25) is 0 Å². The fourth-order valence-electron chi connectivity index (χ4n) is 0.873. The molecule has 0 fully saturated rings. The minimum absolute atomic E-state index is 0.142. The fraction of sp³-hybridized carbons (Fsp3) is 1.00. The van der Waals surface area contributed by atoms with Crippen LogP contribution in [0, 0.1) is 0 Å². The smallest absolute Gasteiger partial charge is 0.390 e. The van der Waals surface area contributed by atoms with Gasteiger partial charge < -0.3 is 5.11 Å². The fourth-order valence-corrected chi connectivity index (χ4v) is 0.873. The molecule has 0 heterocycles. The largest absolute Gasteiger partial charge is 0.391 e. The van der Waals surface area contributed by atoms with E-state index < -0.39 is 18.2 Å². The molecule has 0 atom stereocenters. The third-order valence-electron chi connectivity index (χ3n) is 1.85. The number of alkyl halides is 3. The molecule has 1 N–H and O–H groups in total. The number of rotatable bonds is 3. The Kier molecular flexibility index (Phi) is 3.35. The number of aliphatic hydroxyl groups is 1. The lowest BCUT2D eigenvalue weighted by atomic mass is 9.93. The van der Waals surface area contributed by atoms with Crippen molar-refractivity contribution in [3.05, 3.63) is 0 Å². The van der Waals surface area contributed by atoms with Crippen LogP contribution in [-0.2, 0) is 0 Å². The van der Waals surface area contributed by atoms with Crippen LogP contribution in [0.25, 0.3) is 0 Å². The van der Waals surface area contributed by atoms with Gasteiger partial charge in [-0.15, -0.1) is 0 Å². The first-order valence-electron chi connectivity index (χ1n) is 3.62. The summed E-state index contributed by atoms with van der Waals surface area (Å²) in [7, 11) is 0. The number of hydrogen-bond donors (Lipinski definition) is 1. The second kappa shape index (κ2) is 3.43. The molecule has 0 aliphatic rings. The van der Waals surface area contributed by atoms with Gasteiger partial charge in [-0.2, -0.15) is 13.2 Å². The van der Waals surface area contributed by atoms with E-state index in [-0.39, 0.29) is 12.8 Å². The first-order valence-corrected chi connectivity index (χ1v) is 3.62. The Balaban J connectivity index is 4.08. The summed E-state index contributed by atoms with van der Waals surface area (Å²) in [6.07, 6.45) is -5.08. The monoisotopic (exact) mass is 170 g/mol. The molecule has 0 unspecified atom stereocenters. The van der Waals surface area contributed by atoms with Gasteiger partial charge >= 0.3 is 6.18 Å². The molecule has 0 radical (unpaired) electrons. The van der Waals surface area contributed by atoms with Crippen LogP contribution >= 0.6 is 0 Å². The van der Waals surface area contributed by atoms with E-state index in [2.05, 4.69) is 0 Å². The zero-order valence-corrected chi connectivity index (χ0v) is 6.70. The van der Waals surface area contributed by atoms with Gasteiger partial charge in [0.1, 0.15) is 0 Å². The SMILES string of the molecule is CCC(O)(CC)CC(F)(F)F. The third kappa shape index (κ3) is 4.24. The number of halogens is 3. The van der Waals surface area contributed by atoms with Crippen molar-refractivity contribution in [2.45, 2.75) is 44.9 Å². The Morgan fingerprint density at radius 3 is 1.55 bits per heavy atom. The first kappa shape index (κ1) is 10.8. The normalized spacial score (nSPS) is 13.6. The molecular weight excluding hydrogens is 157 g/mol. The van der Waals surface area contributed by atoms with Gasteiger partial charge in [0.25, 0.3) is 0 Å². The summed E-state index contributed by atoms with van der Waals surface area (Å²) in [5.41, 5.74) is -1.56. The summed E-state index contributed by atoms with van der Waals surface area (Å²) >= 11 is 0. The maximum absolute atomic E-state index is 11.8. The van der Waals surface area contributed by atoms with Gasteiger partial charge in [-0.05, 0) is 12.8 Å². The molecule has 1 nitrogen and oxygen atoms in total. The summed E-state index contributed by atoms with van der Waals surface area (Å²) in [5.74, 6) is 0. The summed E-state index contributed by atoms with van der Waals surface area (Å²) in [6.45, 7) is 3.10. The summed E-state index contributed by atoms with van der Waals surface area (Å²) < 4.78 is 35.3. The topological polar surface area (TPSA) is 20.2 Å². The van der Waals surface area contributed by atoms with E-state index in [0.29, 0.717) is 0 Å². The van der Waals surface area contributed by atoms with Crippen molar-refractivity contribution in [3.63, 3.8) is 0 Å². The second-order valence-corrected chi connectivity index (χ2v) is 2.72. The highest BCUT2D eigenvalue weighted by Gasteiger charge is 2.38. The summed E-state index contributed by atoms with van der Waals surface area (Å²) in [6, 6.07) is 0. The van der Waals surface area contributed by atoms with Crippen molar-refractivity contribution >= 4 is 0 Å². The van der Waals surface area contributed by atoms with Gasteiger partial charge in [-0.3, -0.25) is 0 Å². The van der Waals surface area contributed by atoms with Crippen molar-refractivity contribution in [1.82, 2.24) is 0 Å².